The zero-order valence-corrected chi connectivity index (χ0v) is 11.3. The van der Waals surface area contributed by atoms with Crippen molar-refractivity contribution in [3.05, 3.63) is 35.8 Å². The van der Waals surface area contributed by atoms with Crippen LogP contribution in [0.2, 0.25) is 0 Å². The van der Waals surface area contributed by atoms with Crippen LogP contribution in [0.4, 0.5) is 0 Å². The number of carboxylic acids is 1. The minimum absolute atomic E-state index is 0.190. The van der Waals surface area contributed by atoms with Crippen LogP contribution in [-0.4, -0.2) is 31.0 Å². The van der Waals surface area contributed by atoms with Gasteiger partial charge in [0, 0.05) is 0 Å². The lowest BCUT2D eigenvalue weighted by Gasteiger charge is -1.99. The zero-order chi connectivity index (χ0) is 14.1. The number of fused-ring (bicyclic) bond motifs is 1. The van der Waals surface area contributed by atoms with E-state index in [1.807, 2.05) is 0 Å². The molecule has 0 bridgehead atoms. The summed E-state index contributed by atoms with van der Waals surface area (Å²) in [7, 11) is 0. The summed E-state index contributed by atoms with van der Waals surface area (Å²) in [5.74, 6) is 0.498. The molecule has 3 heterocycles. The zero-order valence-electron chi connectivity index (χ0n) is 10.5. The molecule has 0 atom stereocenters. The van der Waals surface area contributed by atoms with E-state index in [1.165, 1.54) is 24.2 Å². The maximum atomic E-state index is 10.9. The minimum atomic E-state index is -0.986. The summed E-state index contributed by atoms with van der Waals surface area (Å²) in [4.78, 5) is 26.2. The molecule has 3 aromatic heterocycles. The molecular formula is C12H10N4O3S. The van der Waals surface area contributed by atoms with Crippen molar-refractivity contribution in [3.63, 3.8) is 0 Å². The van der Waals surface area contributed by atoms with Gasteiger partial charge in [-0.3, -0.25) is 0 Å². The highest BCUT2D eigenvalue weighted by Crippen LogP contribution is 2.27. The first-order valence-corrected chi connectivity index (χ1v) is 6.73. The van der Waals surface area contributed by atoms with Gasteiger partial charge in [0.1, 0.15) is 34.0 Å². The number of carboxylic acid groups (broad SMARTS) is 1. The van der Waals surface area contributed by atoms with E-state index in [0.717, 1.165) is 10.5 Å². The van der Waals surface area contributed by atoms with E-state index in [9.17, 15) is 4.79 Å². The van der Waals surface area contributed by atoms with Gasteiger partial charge in [0.2, 0.25) is 0 Å². The Morgan fingerprint density at radius 3 is 3.05 bits per heavy atom. The molecule has 0 aromatic carbocycles. The number of H-pyrrole nitrogens is 1. The number of aryl methyl sites for hydroxylation is 1. The lowest BCUT2D eigenvalue weighted by Crippen LogP contribution is -1.94. The molecule has 0 saturated heterocycles. The highest BCUT2D eigenvalue weighted by atomic mass is 32.2. The van der Waals surface area contributed by atoms with Gasteiger partial charge in [-0.1, -0.05) is 11.8 Å². The minimum Gasteiger partial charge on any atom is -0.478 e. The molecule has 3 aromatic rings. The molecule has 8 heteroatoms. The Bertz CT molecular complexity index is 780. The van der Waals surface area contributed by atoms with Crippen molar-refractivity contribution in [2.24, 2.45) is 0 Å². The average Bonchev–Trinajstić information content (AvgIpc) is 3.02. The molecule has 0 unspecified atom stereocenters. The van der Waals surface area contributed by atoms with Crippen molar-refractivity contribution in [1.29, 1.82) is 0 Å². The topological polar surface area (TPSA) is 105 Å². The van der Waals surface area contributed by atoms with Gasteiger partial charge in [-0.05, 0) is 13.0 Å². The Balaban J connectivity index is 1.81. The summed E-state index contributed by atoms with van der Waals surface area (Å²) >= 11 is 1.43. The standard InChI is InChI=1S/C12H10N4O3S/c1-6-8(12(17)18)2-7(19-6)3-20-11-9-10(14-4-13-9)15-5-16-11/h2,4-5H,3H2,1H3,(H,17,18)(H,13,14,15,16). The number of furan rings is 1. The van der Waals surface area contributed by atoms with Gasteiger partial charge >= 0.3 is 5.97 Å². The predicted octanol–water partition coefficient (Wildman–Crippen LogP) is 2.24. The van der Waals surface area contributed by atoms with Crippen LogP contribution >= 0.6 is 11.8 Å². The predicted molar refractivity (Wildman–Crippen MR) is 71.6 cm³/mol. The largest absolute Gasteiger partial charge is 0.478 e. The molecule has 0 aliphatic heterocycles. The molecule has 20 heavy (non-hydrogen) atoms. The molecule has 0 aliphatic rings. The third kappa shape index (κ3) is 2.25. The van der Waals surface area contributed by atoms with Crippen LogP contribution < -0.4 is 0 Å². The van der Waals surface area contributed by atoms with Gasteiger partial charge in [-0.2, -0.15) is 0 Å². The number of aromatic nitrogens is 4. The Morgan fingerprint density at radius 1 is 1.45 bits per heavy atom. The quantitative estimate of drug-likeness (QED) is 0.560. The Labute approximate surface area is 117 Å². The van der Waals surface area contributed by atoms with Crippen molar-refractivity contribution in [3.8, 4) is 0 Å². The number of aromatic amines is 1. The molecule has 0 fully saturated rings. The van der Waals surface area contributed by atoms with E-state index in [2.05, 4.69) is 19.9 Å². The molecule has 0 spiro atoms. The number of thioether (sulfide) groups is 1. The Morgan fingerprint density at radius 2 is 2.30 bits per heavy atom. The van der Waals surface area contributed by atoms with Gasteiger partial charge in [0.25, 0.3) is 0 Å². The number of hydrogen-bond acceptors (Lipinski definition) is 6. The third-order valence-corrected chi connectivity index (χ3v) is 3.75. The van der Waals surface area contributed by atoms with Gasteiger partial charge in [0.15, 0.2) is 5.65 Å². The molecule has 0 saturated carbocycles. The van der Waals surface area contributed by atoms with Crippen LogP contribution in [0.1, 0.15) is 21.9 Å². The van der Waals surface area contributed by atoms with E-state index < -0.39 is 5.97 Å². The summed E-state index contributed by atoms with van der Waals surface area (Å²) in [6.45, 7) is 1.63. The molecule has 3 rings (SSSR count). The van der Waals surface area contributed by atoms with Crippen molar-refractivity contribution < 1.29 is 14.3 Å². The second-order valence-corrected chi connectivity index (χ2v) is 5.02. The van der Waals surface area contributed by atoms with Gasteiger partial charge in [-0.25, -0.2) is 19.7 Å². The number of imidazole rings is 1. The van der Waals surface area contributed by atoms with Gasteiger partial charge < -0.3 is 14.5 Å². The fourth-order valence-electron chi connectivity index (χ4n) is 1.82. The molecule has 7 nitrogen and oxygen atoms in total. The molecule has 102 valence electrons. The number of nitrogens with one attached hydrogen (secondary N) is 1. The molecule has 0 aliphatic carbocycles. The first-order valence-electron chi connectivity index (χ1n) is 5.74. The van der Waals surface area contributed by atoms with Crippen molar-refractivity contribution in [2.45, 2.75) is 17.7 Å². The Kier molecular flexibility index (Phi) is 3.15. The van der Waals surface area contributed by atoms with Crippen LogP contribution in [0.15, 0.2) is 28.2 Å². The monoisotopic (exact) mass is 290 g/mol. The smallest absolute Gasteiger partial charge is 0.339 e. The van der Waals surface area contributed by atoms with Gasteiger partial charge in [-0.15, -0.1) is 0 Å². The van der Waals surface area contributed by atoms with Crippen molar-refractivity contribution in [1.82, 2.24) is 19.9 Å². The first-order chi connectivity index (χ1) is 9.65. The maximum Gasteiger partial charge on any atom is 0.339 e. The molecule has 0 amide bonds. The normalized spacial score (nSPS) is 11.1. The second kappa shape index (κ2) is 4.97. The van der Waals surface area contributed by atoms with E-state index in [0.29, 0.717) is 22.9 Å². The lowest BCUT2D eigenvalue weighted by atomic mass is 10.2. The molecular weight excluding hydrogens is 280 g/mol. The third-order valence-electron chi connectivity index (χ3n) is 2.74. The molecule has 0 radical (unpaired) electrons. The van der Waals surface area contributed by atoms with Crippen LogP contribution in [0.3, 0.4) is 0 Å². The van der Waals surface area contributed by atoms with E-state index in [-0.39, 0.29) is 5.56 Å². The first kappa shape index (κ1) is 12.7. The van der Waals surface area contributed by atoms with Crippen molar-refractivity contribution >= 4 is 28.9 Å². The van der Waals surface area contributed by atoms with Crippen molar-refractivity contribution in [2.75, 3.05) is 0 Å². The van der Waals surface area contributed by atoms with Gasteiger partial charge in [0.05, 0.1) is 12.1 Å². The fraction of sp³-hybridized carbons (Fsp3) is 0.167. The number of nitrogens with zero attached hydrogens (tertiary/aromatic N) is 3. The number of hydrogen-bond donors (Lipinski definition) is 2. The highest BCUT2D eigenvalue weighted by Gasteiger charge is 2.14. The lowest BCUT2D eigenvalue weighted by molar-refractivity contribution is 0.0695. The van der Waals surface area contributed by atoms with Crippen LogP contribution in [0, 0.1) is 6.92 Å². The van der Waals surface area contributed by atoms with Crippen LogP contribution in [0.5, 0.6) is 0 Å². The van der Waals surface area contributed by atoms with E-state index >= 15 is 0 Å². The summed E-state index contributed by atoms with van der Waals surface area (Å²) in [6.07, 6.45) is 3.00. The summed E-state index contributed by atoms with van der Waals surface area (Å²) < 4.78 is 5.42. The summed E-state index contributed by atoms with van der Waals surface area (Å²) in [6, 6.07) is 1.54. The average molecular weight is 290 g/mol. The maximum absolute atomic E-state index is 10.9. The number of carbonyl (C=O) groups is 1. The van der Waals surface area contributed by atoms with E-state index in [1.54, 1.807) is 13.3 Å². The second-order valence-electron chi connectivity index (χ2n) is 4.06. The van der Waals surface area contributed by atoms with Crippen LogP contribution in [0.25, 0.3) is 11.2 Å². The highest BCUT2D eigenvalue weighted by molar-refractivity contribution is 7.98. The fourth-order valence-corrected chi connectivity index (χ4v) is 2.66. The molecule has 2 N–H and O–H groups in total. The summed E-state index contributed by atoms with van der Waals surface area (Å²) in [5.41, 5.74) is 1.55. The van der Waals surface area contributed by atoms with E-state index in [4.69, 9.17) is 9.52 Å². The summed E-state index contributed by atoms with van der Waals surface area (Å²) in [5, 5.41) is 9.73. The Hall–Kier alpha value is -2.35. The van der Waals surface area contributed by atoms with Crippen LogP contribution in [-0.2, 0) is 5.75 Å². The number of aromatic carboxylic acids is 1. The SMILES string of the molecule is Cc1oc(CSc2ncnc3nc[nH]c23)cc1C(=O)O. The number of rotatable bonds is 4.